The maximum absolute atomic E-state index is 11.2. The number of sulfonamides is 1. The fourth-order valence-electron chi connectivity index (χ4n) is 3.39. The lowest BCUT2D eigenvalue weighted by Gasteiger charge is -2.19. The highest BCUT2D eigenvalue weighted by molar-refractivity contribution is 7.88. The molecule has 0 saturated carbocycles. The second kappa shape index (κ2) is 7.09. The first-order valence-corrected chi connectivity index (χ1v) is 10.1. The van der Waals surface area contributed by atoms with Crippen molar-refractivity contribution in [2.75, 3.05) is 33.0 Å². The molecule has 130 valence electrons. The highest BCUT2D eigenvalue weighted by Gasteiger charge is 2.24. The highest BCUT2D eigenvalue weighted by Crippen LogP contribution is 2.30. The van der Waals surface area contributed by atoms with Crippen LogP contribution >= 0.6 is 0 Å². The summed E-state index contributed by atoms with van der Waals surface area (Å²) in [6.07, 6.45) is 2.22. The fourth-order valence-corrected chi connectivity index (χ4v) is 3.92. The summed E-state index contributed by atoms with van der Waals surface area (Å²) < 4.78 is 30.7. The van der Waals surface area contributed by atoms with Gasteiger partial charge < -0.3 is 4.74 Å². The molecule has 0 radical (unpaired) electrons. The molecule has 0 aromatic heterocycles. The molecule has 1 heterocycles. The quantitative estimate of drug-likeness (QED) is 0.870. The standard InChI is InChI=1S/C18H24N2O3S/c1-23-18-8-7-15-5-3-4-6-16(15)17(18)13-20-10-9-14(12-20)11-19-24(2,21)22/h3-8,14,19H,9-13H2,1-2H3/t14-/m0/s1. The molecule has 1 N–H and O–H groups in total. The van der Waals surface area contributed by atoms with Crippen LogP contribution in [0.2, 0.25) is 0 Å². The largest absolute Gasteiger partial charge is 0.496 e. The van der Waals surface area contributed by atoms with Crippen molar-refractivity contribution in [2.45, 2.75) is 13.0 Å². The molecule has 1 saturated heterocycles. The van der Waals surface area contributed by atoms with Crippen LogP contribution in [0, 0.1) is 5.92 Å². The van der Waals surface area contributed by atoms with E-state index in [-0.39, 0.29) is 0 Å². The van der Waals surface area contributed by atoms with E-state index in [1.54, 1.807) is 7.11 Å². The number of ether oxygens (including phenoxy) is 1. The summed E-state index contributed by atoms with van der Waals surface area (Å²) in [4.78, 5) is 2.37. The predicted octanol–water partition coefficient (Wildman–Crippen LogP) is 2.22. The maximum Gasteiger partial charge on any atom is 0.208 e. The first-order valence-electron chi connectivity index (χ1n) is 8.18. The number of methoxy groups -OCH3 is 1. The summed E-state index contributed by atoms with van der Waals surface area (Å²) in [6, 6.07) is 12.4. The van der Waals surface area contributed by atoms with Crippen LogP contribution in [0.1, 0.15) is 12.0 Å². The Morgan fingerprint density at radius 2 is 2.04 bits per heavy atom. The van der Waals surface area contributed by atoms with Gasteiger partial charge >= 0.3 is 0 Å². The van der Waals surface area contributed by atoms with Crippen LogP contribution in [0.3, 0.4) is 0 Å². The molecule has 1 atom stereocenters. The topological polar surface area (TPSA) is 58.6 Å². The van der Waals surface area contributed by atoms with Crippen LogP contribution in [-0.4, -0.2) is 46.3 Å². The summed E-state index contributed by atoms with van der Waals surface area (Å²) in [7, 11) is -1.41. The van der Waals surface area contributed by atoms with Crippen molar-refractivity contribution < 1.29 is 13.2 Å². The Morgan fingerprint density at radius 3 is 2.79 bits per heavy atom. The van der Waals surface area contributed by atoms with E-state index in [0.717, 1.165) is 31.8 Å². The number of hydrogen-bond donors (Lipinski definition) is 1. The van der Waals surface area contributed by atoms with Gasteiger partial charge in [-0.3, -0.25) is 4.90 Å². The van der Waals surface area contributed by atoms with Crippen molar-refractivity contribution in [1.82, 2.24) is 9.62 Å². The normalized spacial score (nSPS) is 19.0. The van der Waals surface area contributed by atoms with E-state index < -0.39 is 10.0 Å². The smallest absolute Gasteiger partial charge is 0.208 e. The summed E-state index contributed by atoms with van der Waals surface area (Å²) in [5, 5.41) is 2.43. The van der Waals surface area contributed by atoms with E-state index in [4.69, 9.17) is 4.74 Å². The molecule has 2 aromatic rings. The van der Waals surface area contributed by atoms with Crippen molar-refractivity contribution in [3.63, 3.8) is 0 Å². The van der Waals surface area contributed by atoms with Gasteiger partial charge in [0.2, 0.25) is 10.0 Å². The number of fused-ring (bicyclic) bond motifs is 1. The number of nitrogens with zero attached hydrogens (tertiary/aromatic N) is 1. The third-order valence-electron chi connectivity index (χ3n) is 4.60. The summed E-state index contributed by atoms with van der Waals surface area (Å²) >= 11 is 0. The molecule has 6 heteroatoms. The molecule has 1 fully saturated rings. The first-order chi connectivity index (χ1) is 11.5. The van der Waals surface area contributed by atoms with Gasteiger partial charge in [-0.25, -0.2) is 13.1 Å². The van der Waals surface area contributed by atoms with E-state index >= 15 is 0 Å². The van der Waals surface area contributed by atoms with Crippen LogP contribution in [0.5, 0.6) is 5.75 Å². The minimum atomic E-state index is -3.12. The van der Waals surface area contributed by atoms with Gasteiger partial charge in [0, 0.05) is 25.2 Å². The predicted molar refractivity (Wildman–Crippen MR) is 96.7 cm³/mol. The van der Waals surface area contributed by atoms with Gasteiger partial charge in [0.15, 0.2) is 0 Å². The lowest BCUT2D eigenvalue weighted by Crippen LogP contribution is -2.30. The second-order valence-electron chi connectivity index (χ2n) is 6.48. The van der Waals surface area contributed by atoms with Gasteiger partial charge in [0.1, 0.15) is 5.75 Å². The molecule has 24 heavy (non-hydrogen) atoms. The lowest BCUT2D eigenvalue weighted by molar-refractivity contribution is 0.309. The van der Waals surface area contributed by atoms with Crippen molar-refractivity contribution >= 4 is 20.8 Å². The van der Waals surface area contributed by atoms with Gasteiger partial charge in [-0.15, -0.1) is 0 Å². The Hall–Kier alpha value is -1.63. The van der Waals surface area contributed by atoms with E-state index in [1.807, 2.05) is 18.2 Å². The molecule has 2 aromatic carbocycles. The van der Waals surface area contributed by atoms with Gasteiger partial charge in [-0.1, -0.05) is 30.3 Å². The van der Waals surface area contributed by atoms with E-state index in [2.05, 4.69) is 27.8 Å². The van der Waals surface area contributed by atoms with Gasteiger partial charge in [0.25, 0.3) is 0 Å². The van der Waals surface area contributed by atoms with Crippen LogP contribution < -0.4 is 9.46 Å². The zero-order valence-electron chi connectivity index (χ0n) is 14.2. The Balaban J connectivity index is 1.74. The number of rotatable bonds is 6. The number of likely N-dealkylation sites (tertiary alicyclic amines) is 1. The Labute approximate surface area is 143 Å². The SMILES string of the molecule is COc1ccc2ccccc2c1CN1CC[C@@H](CNS(C)(=O)=O)C1. The van der Waals surface area contributed by atoms with Crippen molar-refractivity contribution in [1.29, 1.82) is 0 Å². The van der Waals surface area contributed by atoms with E-state index in [1.165, 1.54) is 22.6 Å². The monoisotopic (exact) mass is 348 g/mol. The van der Waals surface area contributed by atoms with Crippen molar-refractivity contribution in [3.8, 4) is 5.75 Å². The van der Waals surface area contributed by atoms with Crippen LogP contribution in [0.25, 0.3) is 10.8 Å². The molecule has 0 amide bonds. The minimum absolute atomic E-state index is 0.362. The molecule has 1 aliphatic rings. The second-order valence-corrected chi connectivity index (χ2v) is 8.31. The average Bonchev–Trinajstić information content (AvgIpc) is 3.00. The molecule has 1 aliphatic heterocycles. The number of hydrogen-bond acceptors (Lipinski definition) is 4. The average molecular weight is 348 g/mol. The highest BCUT2D eigenvalue weighted by atomic mass is 32.2. The molecule has 0 aliphatic carbocycles. The van der Waals surface area contributed by atoms with Gasteiger partial charge in [0.05, 0.1) is 13.4 Å². The van der Waals surface area contributed by atoms with Crippen LogP contribution in [0.15, 0.2) is 36.4 Å². The first kappa shape index (κ1) is 17.2. The lowest BCUT2D eigenvalue weighted by atomic mass is 10.0. The summed E-state index contributed by atoms with van der Waals surface area (Å²) in [6.45, 7) is 3.21. The third-order valence-corrected chi connectivity index (χ3v) is 5.29. The molecular formula is C18H24N2O3S. The Kier molecular flexibility index (Phi) is 5.08. The number of benzene rings is 2. The Bertz CT molecular complexity index is 820. The van der Waals surface area contributed by atoms with Gasteiger partial charge in [-0.2, -0.15) is 0 Å². The third kappa shape index (κ3) is 4.06. The summed E-state index contributed by atoms with van der Waals surface area (Å²) in [5.74, 6) is 1.27. The molecular weight excluding hydrogens is 324 g/mol. The zero-order valence-corrected chi connectivity index (χ0v) is 15.0. The van der Waals surface area contributed by atoms with Gasteiger partial charge in [-0.05, 0) is 35.7 Å². The van der Waals surface area contributed by atoms with Crippen molar-refractivity contribution in [3.05, 3.63) is 42.0 Å². The van der Waals surface area contributed by atoms with Crippen LogP contribution in [-0.2, 0) is 16.6 Å². The summed E-state index contributed by atoms with van der Waals surface area (Å²) in [5.41, 5.74) is 1.20. The molecule has 0 unspecified atom stereocenters. The Morgan fingerprint density at radius 1 is 1.25 bits per heavy atom. The van der Waals surface area contributed by atoms with E-state index in [0.29, 0.717) is 12.5 Å². The molecule has 0 bridgehead atoms. The fraction of sp³-hybridized carbons (Fsp3) is 0.444. The van der Waals surface area contributed by atoms with Crippen molar-refractivity contribution in [2.24, 2.45) is 5.92 Å². The molecule has 3 rings (SSSR count). The molecule has 5 nitrogen and oxygen atoms in total. The van der Waals surface area contributed by atoms with Crippen LogP contribution in [0.4, 0.5) is 0 Å². The number of nitrogens with one attached hydrogen (secondary N) is 1. The zero-order chi connectivity index (χ0) is 17.2. The van der Waals surface area contributed by atoms with E-state index in [9.17, 15) is 8.42 Å². The maximum atomic E-state index is 11.2. The minimum Gasteiger partial charge on any atom is -0.496 e. The molecule has 0 spiro atoms.